The van der Waals surface area contributed by atoms with Gasteiger partial charge in [-0.05, 0) is 6.92 Å². The van der Waals surface area contributed by atoms with E-state index in [1.807, 2.05) is 6.92 Å². The van der Waals surface area contributed by atoms with Crippen LogP contribution in [-0.4, -0.2) is 68.5 Å². The summed E-state index contributed by atoms with van der Waals surface area (Å²) in [5.74, 6) is 0. The van der Waals surface area contributed by atoms with Crippen molar-refractivity contribution in [3.63, 3.8) is 0 Å². The van der Waals surface area contributed by atoms with Gasteiger partial charge in [-0.25, -0.2) is 0 Å². The Morgan fingerprint density at radius 2 is 1.62 bits per heavy atom. The van der Waals surface area contributed by atoms with Gasteiger partial charge in [-0.15, -0.1) is 0 Å². The van der Waals surface area contributed by atoms with E-state index in [9.17, 15) is 13.2 Å². The molecule has 1 heterocycles. The van der Waals surface area contributed by atoms with Gasteiger partial charge < -0.3 is 4.74 Å². The molecule has 0 saturated carbocycles. The first kappa shape index (κ1) is 13.7. The van der Waals surface area contributed by atoms with E-state index in [1.54, 1.807) is 0 Å². The highest BCUT2D eigenvalue weighted by Gasteiger charge is 2.31. The fourth-order valence-corrected chi connectivity index (χ4v) is 1.76. The zero-order valence-electron chi connectivity index (χ0n) is 9.59. The number of rotatable bonds is 5. The summed E-state index contributed by atoms with van der Waals surface area (Å²) in [6, 6.07) is 0. The minimum atomic E-state index is -4.08. The Balaban J connectivity index is 2.13. The molecule has 96 valence electrons. The van der Waals surface area contributed by atoms with Crippen molar-refractivity contribution in [3.05, 3.63) is 0 Å². The largest absolute Gasteiger partial charge is 0.401 e. The van der Waals surface area contributed by atoms with E-state index in [2.05, 4.69) is 4.90 Å². The molecule has 1 aliphatic rings. The molecule has 3 nitrogen and oxygen atoms in total. The fraction of sp³-hybridized carbons (Fsp3) is 1.00. The molecule has 1 aliphatic heterocycles. The minimum absolute atomic E-state index is 0.492. The lowest BCUT2D eigenvalue weighted by Gasteiger charge is -2.34. The summed E-state index contributed by atoms with van der Waals surface area (Å²) in [6.07, 6.45) is -4.08. The zero-order valence-corrected chi connectivity index (χ0v) is 9.59. The first-order chi connectivity index (χ1) is 7.51. The van der Waals surface area contributed by atoms with Crippen molar-refractivity contribution >= 4 is 0 Å². The van der Waals surface area contributed by atoms with Crippen LogP contribution in [0.15, 0.2) is 0 Å². The molecule has 0 atom stereocenters. The molecule has 6 heteroatoms. The van der Waals surface area contributed by atoms with Crippen molar-refractivity contribution in [2.45, 2.75) is 13.1 Å². The molecule has 16 heavy (non-hydrogen) atoms. The molecule has 0 aromatic heterocycles. The lowest BCUT2D eigenvalue weighted by atomic mass is 10.3. The fourth-order valence-electron chi connectivity index (χ4n) is 1.76. The molecular formula is C10H19F3N2O. The second kappa shape index (κ2) is 6.42. The van der Waals surface area contributed by atoms with Gasteiger partial charge in [0.05, 0.1) is 13.2 Å². The highest BCUT2D eigenvalue weighted by molar-refractivity contribution is 4.73. The Morgan fingerprint density at radius 3 is 2.12 bits per heavy atom. The number of nitrogens with zero attached hydrogens (tertiary/aromatic N) is 2. The Kier molecular flexibility index (Phi) is 5.51. The number of piperazine rings is 1. The summed E-state index contributed by atoms with van der Waals surface area (Å²) in [5, 5.41) is 0. The highest BCUT2D eigenvalue weighted by Crippen LogP contribution is 2.17. The van der Waals surface area contributed by atoms with Crippen molar-refractivity contribution in [3.8, 4) is 0 Å². The maximum Gasteiger partial charge on any atom is 0.401 e. The van der Waals surface area contributed by atoms with E-state index in [0.29, 0.717) is 39.4 Å². The van der Waals surface area contributed by atoms with Gasteiger partial charge in [0.2, 0.25) is 0 Å². The molecule has 1 fully saturated rings. The van der Waals surface area contributed by atoms with Gasteiger partial charge in [-0.3, -0.25) is 9.80 Å². The second-order valence-corrected chi connectivity index (χ2v) is 3.93. The third kappa shape index (κ3) is 5.67. The second-order valence-electron chi connectivity index (χ2n) is 3.93. The van der Waals surface area contributed by atoms with E-state index >= 15 is 0 Å². The van der Waals surface area contributed by atoms with Crippen LogP contribution in [0.3, 0.4) is 0 Å². The van der Waals surface area contributed by atoms with Crippen LogP contribution in [0.1, 0.15) is 6.92 Å². The summed E-state index contributed by atoms with van der Waals surface area (Å²) < 4.78 is 41.5. The normalized spacial score (nSPS) is 20.2. The number of ether oxygens (including phenoxy) is 1. The van der Waals surface area contributed by atoms with Gasteiger partial charge in [0.25, 0.3) is 0 Å². The Bertz CT molecular complexity index is 191. The molecular weight excluding hydrogens is 221 g/mol. The average molecular weight is 240 g/mol. The number of alkyl halides is 3. The smallest absolute Gasteiger partial charge is 0.380 e. The van der Waals surface area contributed by atoms with Crippen LogP contribution in [0.4, 0.5) is 13.2 Å². The van der Waals surface area contributed by atoms with E-state index in [-0.39, 0.29) is 0 Å². The standard InChI is InChI=1S/C10H19F3N2O/c1-2-16-8-7-14-3-5-15(6-4-14)9-10(11,12)13/h2-9H2,1H3. The molecule has 1 rings (SSSR count). The van der Waals surface area contributed by atoms with Crippen molar-refractivity contribution < 1.29 is 17.9 Å². The van der Waals surface area contributed by atoms with Crippen molar-refractivity contribution in [1.29, 1.82) is 0 Å². The third-order valence-electron chi connectivity index (χ3n) is 2.62. The van der Waals surface area contributed by atoms with Crippen LogP contribution in [0.2, 0.25) is 0 Å². The average Bonchev–Trinajstić information content (AvgIpc) is 2.19. The summed E-state index contributed by atoms with van der Waals surface area (Å²) >= 11 is 0. The van der Waals surface area contributed by atoms with E-state index < -0.39 is 12.7 Å². The van der Waals surface area contributed by atoms with Gasteiger partial charge in [0.1, 0.15) is 0 Å². The molecule has 0 unspecified atom stereocenters. The van der Waals surface area contributed by atoms with Crippen LogP contribution in [0.25, 0.3) is 0 Å². The predicted molar refractivity (Wildman–Crippen MR) is 55.4 cm³/mol. The summed E-state index contributed by atoms with van der Waals surface area (Å²) in [5.41, 5.74) is 0. The Hall–Kier alpha value is -0.330. The molecule has 0 radical (unpaired) electrons. The number of hydrogen-bond donors (Lipinski definition) is 0. The van der Waals surface area contributed by atoms with Gasteiger partial charge in [-0.2, -0.15) is 13.2 Å². The van der Waals surface area contributed by atoms with Gasteiger partial charge >= 0.3 is 6.18 Å². The number of halogens is 3. The van der Waals surface area contributed by atoms with Crippen LogP contribution < -0.4 is 0 Å². The van der Waals surface area contributed by atoms with Crippen molar-refractivity contribution in [2.24, 2.45) is 0 Å². The molecule has 1 saturated heterocycles. The molecule has 0 aliphatic carbocycles. The minimum Gasteiger partial charge on any atom is -0.380 e. The van der Waals surface area contributed by atoms with E-state index in [1.165, 1.54) is 4.90 Å². The molecule has 0 spiro atoms. The molecule has 0 aromatic rings. The monoisotopic (exact) mass is 240 g/mol. The molecule has 0 amide bonds. The lowest BCUT2D eigenvalue weighted by Crippen LogP contribution is -2.49. The maximum absolute atomic E-state index is 12.1. The Labute approximate surface area is 94.1 Å². The first-order valence-electron chi connectivity index (χ1n) is 5.60. The van der Waals surface area contributed by atoms with Gasteiger partial charge in [0, 0.05) is 39.3 Å². The SMILES string of the molecule is CCOCCN1CCN(CC(F)(F)F)CC1. The zero-order chi connectivity index (χ0) is 12.0. The molecule has 0 N–H and O–H groups in total. The van der Waals surface area contributed by atoms with Crippen LogP contribution >= 0.6 is 0 Å². The highest BCUT2D eigenvalue weighted by atomic mass is 19.4. The maximum atomic E-state index is 12.1. The summed E-state index contributed by atoms with van der Waals surface area (Å²) in [4.78, 5) is 3.60. The van der Waals surface area contributed by atoms with Crippen LogP contribution in [0, 0.1) is 0 Å². The summed E-state index contributed by atoms with van der Waals surface area (Å²) in [6.45, 7) is 5.69. The predicted octanol–water partition coefficient (Wildman–Crippen LogP) is 1.20. The van der Waals surface area contributed by atoms with Gasteiger partial charge in [-0.1, -0.05) is 0 Å². The molecule has 0 aromatic carbocycles. The summed E-state index contributed by atoms with van der Waals surface area (Å²) in [7, 11) is 0. The van der Waals surface area contributed by atoms with Crippen molar-refractivity contribution in [2.75, 3.05) is 52.5 Å². The van der Waals surface area contributed by atoms with Crippen molar-refractivity contribution in [1.82, 2.24) is 9.80 Å². The first-order valence-corrected chi connectivity index (χ1v) is 5.60. The lowest BCUT2D eigenvalue weighted by molar-refractivity contribution is -0.149. The van der Waals surface area contributed by atoms with E-state index in [4.69, 9.17) is 4.74 Å². The van der Waals surface area contributed by atoms with E-state index in [0.717, 1.165) is 6.54 Å². The topological polar surface area (TPSA) is 15.7 Å². The Morgan fingerprint density at radius 1 is 1.06 bits per heavy atom. The molecule has 0 bridgehead atoms. The third-order valence-corrected chi connectivity index (χ3v) is 2.62. The van der Waals surface area contributed by atoms with Crippen LogP contribution in [-0.2, 0) is 4.74 Å². The quantitative estimate of drug-likeness (QED) is 0.672. The number of hydrogen-bond acceptors (Lipinski definition) is 3. The van der Waals surface area contributed by atoms with Crippen LogP contribution in [0.5, 0.6) is 0 Å². The van der Waals surface area contributed by atoms with Gasteiger partial charge in [0.15, 0.2) is 0 Å².